The zero-order valence-corrected chi connectivity index (χ0v) is 10.3. The maximum Gasteiger partial charge on any atom is 0.0953 e. The second-order valence-corrected chi connectivity index (χ2v) is 5.65. The van der Waals surface area contributed by atoms with Gasteiger partial charge in [-0.2, -0.15) is 0 Å². The number of aromatic nitrogens is 2. The fourth-order valence-corrected chi connectivity index (χ4v) is 2.57. The molecule has 0 spiro atoms. The minimum absolute atomic E-state index is 0.0325. The zero-order chi connectivity index (χ0) is 12.2. The predicted molar refractivity (Wildman–Crippen MR) is 71.0 cm³/mol. The maximum atomic E-state index is 6.21. The van der Waals surface area contributed by atoms with E-state index in [4.69, 9.17) is 5.73 Å². The molecule has 2 fully saturated rings. The van der Waals surface area contributed by atoms with Gasteiger partial charge in [-0.25, -0.2) is 4.98 Å². The minimum atomic E-state index is -0.0325. The van der Waals surface area contributed by atoms with E-state index in [2.05, 4.69) is 33.8 Å². The SMILES string of the molecule is NC1(c2ccc(-c3cncn3C3CC3)cc2)CC1. The molecule has 0 unspecified atom stereocenters. The highest BCUT2D eigenvalue weighted by Gasteiger charge is 2.39. The van der Waals surface area contributed by atoms with Crippen LogP contribution in [0.4, 0.5) is 0 Å². The van der Waals surface area contributed by atoms with E-state index in [0.717, 1.165) is 12.8 Å². The molecule has 2 N–H and O–H groups in total. The standard InChI is InChI=1S/C15H17N3/c16-15(7-8-15)12-3-1-11(2-4-12)14-9-17-10-18(14)13-5-6-13/h1-4,9-10,13H,5-8,16H2. The number of hydrogen-bond acceptors (Lipinski definition) is 2. The Morgan fingerprint density at radius 2 is 1.89 bits per heavy atom. The summed E-state index contributed by atoms with van der Waals surface area (Å²) in [4.78, 5) is 4.28. The molecule has 2 saturated carbocycles. The van der Waals surface area contributed by atoms with Gasteiger partial charge in [0.2, 0.25) is 0 Å². The van der Waals surface area contributed by atoms with Crippen LogP contribution in [0.25, 0.3) is 11.3 Å². The van der Waals surface area contributed by atoms with Gasteiger partial charge in [0.15, 0.2) is 0 Å². The molecule has 0 bridgehead atoms. The summed E-state index contributed by atoms with van der Waals surface area (Å²) in [5, 5.41) is 0. The van der Waals surface area contributed by atoms with Crippen LogP contribution < -0.4 is 5.73 Å². The van der Waals surface area contributed by atoms with Crippen LogP contribution in [0.1, 0.15) is 37.3 Å². The Balaban J connectivity index is 1.69. The minimum Gasteiger partial charge on any atom is -0.328 e. The number of imidazole rings is 1. The molecule has 1 heterocycles. The van der Waals surface area contributed by atoms with Crippen molar-refractivity contribution in [2.75, 3.05) is 0 Å². The first-order valence-electron chi connectivity index (χ1n) is 6.68. The van der Waals surface area contributed by atoms with Crippen molar-refractivity contribution >= 4 is 0 Å². The second-order valence-electron chi connectivity index (χ2n) is 5.65. The van der Waals surface area contributed by atoms with Gasteiger partial charge in [0.1, 0.15) is 0 Å². The Hall–Kier alpha value is -1.61. The lowest BCUT2D eigenvalue weighted by Crippen LogP contribution is -2.18. The lowest BCUT2D eigenvalue weighted by atomic mass is 10.0. The van der Waals surface area contributed by atoms with Gasteiger partial charge < -0.3 is 10.3 Å². The van der Waals surface area contributed by atoms with Gasteiger partial charge in [-0.1, -0.05) is 24.3 Å². The van der Waals surface area contributed by atoms with Crippen molar-refractivity contribution in [3.63, 3.8) is 0 Å². The fraction of sp³-hybridized carbons (Fsp3) is 0.400. The lowest BCUT2D eigenvalue weighted by Gasteiger charge is -2.11. The maximum absolute atomic E-state index is 6.21. The number of benzene rings is 1. The summed E-state index contributed by atoms with van der Waals surface area (Å²) in [6.07, 6.45) is 8.72. The summed E-state index contributed by atoms with van der Waals surface area (Å²) in [6, 6.07) is 9.38. The van der Waals surface area contributed by atoms with Crippen molar-refractivity contribution in [1.29, 1.82) is 0 Å². The normalized spacial score (nSPS) is 20.9. The van der Waals surface area contributed by atoms with Gasteiger partial charge in [-0.05, 0) is 36.8 Å². The van der Waals surface area contributed by atoms with Crippen molar-refractivity contribution in [2.45, 2.75) is 37.3 Å². The van der Waals surface area contributed by atoms with E-state index in [-0.39, 0.29) is 5.54 Å². The van der Waals surface area contributed by atoms with Gasteiger partial charge >= 0.3 is 0 Å². The summed E-state index contributed by atoms with van der Waals surface area (Å²) < 4.78 is 2.30. The first-order chi connectivity index (χ1) is 8.76. The van der Waals surface area contributed by atoms with Crippen LogP contribution >= 0.6 is 0 Å². The van der Waals surface area contributed by atoms with Gasteiger partial charge in [0.05, 0.1) is 18.2 Å². The third-order valence-electron chi connectivity index (χ3n) is 4.15. The highest BCUT2D eigenvalue weighted by atomic mass is 15.1. The molecule has 92 valence electrons. The lowest BCUT2D eigenvalue weighted by molar-refractivity contribution is 0.738. The van der Waals surface area contributed by atoms with E-state index in [9.17, 15) is 0 Å². The van der Waals surface area contributed by atoms with E-state index in [1.807, 2.05) is 12.5 Å². The molecule has 0 aliphatic heterocycles. The number of nitrogens with zero attached hydrogens (tertiary/aromatic N) is 2. The van der Waals surface area contributed by atoms with E-state index < -0.39 is 0 Å². The molecule has 0 saturated heterocycles. The summed E-state index contributed by atoms with van der Waals surface area (Å²) >= 11 is 0. The van der Waals surface area contributed by atoms with Crippen molar-refractivity contribution in [2.24, 2.45) is 5.73 Å². The molecule has 2 aromatic rings. The molecule has 3 heteroatoms. The van der Waals surface area contributed by atoms with Crippen LogP contribution in [-0.2, 0) is 5.54 Å². The number of hydrogen-bond donors (Lipinski definition) is 1. The third-order valence-corrected chi connectivity index (χ3v) is 4.15. The zero-order valence-electron chi connectivity index (χ0n) is 10.3. The molecule has 4 rings (SSSR count). The fourth-order valence-electron chi connectivity index (χ4n) is 2.57. The van der Waals surface area contributed by atoms with Crippen LogP contribution in [0.3, 0.4) is 0 Å². The summed E-state index contributed by atoms with van der Waals surface area (Å²) in [6.45, 7) is 0. The second kappa shape index (κ2) is 3.45. The smallest absolute Gasteiger partial charge is 0.0953 e. The van der Waals surface area contributed by atoms with Crippen LogP contribution in [0, 0.1) is 0 Å². The summed E-state index contributed by atoms with van der Waals surface area (Å²) in [5.41, 5.74) is 9.91. The van der Waals surface area contributed by atoms with Crippen LogP contribution in [0.2, 0.25) is 0 Å². The highest BCUT2D eigenvalue weighted by Crippen LogP contribution is 2.43. The number of rotatable bonds is 3. The van der Waals surface area contributed by atoms with E-state index in [1.54, 1.807) is 0 Å². The molecule has 1 aromatic carbocycles. The van der Waals surface area contributed by atoms with Crippen molar-refractivity contribution in [3.8, 4) is 11.3 Å². The topological polar surface area (TPSA) is 43.8 Å². The Labute approximate surface area is 107 Å². The van der Waals surface area contributed by atoms with Crippen LogP contribution in [-0.4, -0.2) is 9.55 Å². The molecule has 0 atom stereocenters. The van der Waals surface area contributed by atoms with Crippen molar-refractivity contribution < 1.29 is 0 Å². The Kier molecular flexibility index (Phi) is 1.98. The van der Waals surface area contributed by atoms with Gasteiger partial charge in [0.25, 0.3) is 0 Å². The Morgan fingerprint density at radius 3 is 2.50 bits per heavy atom. The first kappa shape index (κ1) is 10.3. The van der Waals surface area contributed by atoms with E-state index in [1.165, 1.54) is 29.7 Å². The first-order valence-corrected chi connectivity index (χ1v) is 6.68. The molecule has 2 aliphatic carbocycles. The largest absolute Gasteiger partial charge is 0.328 e. The molecule has 3 nitrogen and oxygen atoms in total. The Morgan fingerprint density at radius 1 is 1.17 bits per heavy atom. The molecule has 0 radical (unpaired) electrons. The molecule has 2 aliphatic rings. The van der Waals surface area contributed by atoms with Crippen LogP contribution in [0.15, 0.2) is 36.8 Å². The number of nitrogens with two attached hydrogens (primary N) is 1. The van der Waals surface area contributed by atoms with E-state index in [0.29, 0.717) is 6.04 Å². The monoisotopic (exact) mass is 239 g/mol. The highest BCUT2D eigenvalue weighted by molar-refractivity contribution is 5.60. The average molecular weight is 239 g/mol. The van der Waals surface area contributed by atoms with Crippen LogP contribution in [0.5, 0.6) is 0 Å². The molecule has 0 amide bonds. The van der Waals surface area contributed by atoms with E-state index >= 15 is 0 Å². The predicted octanol–water partition coefficient (Wildman–Crippen LogP) is 2.83. The molecule has 18 heavy (non-hydrogen) atoms. The molecular weight excluding hydrogens is 222 g/mol. The molecule has 1 aromatic heterocycles. The van der Waals surface area contributed by atoms with Gasteiger partial charge in [-0.15, -0.1) is 0 Å². The Bertz CT molecular complexity index is 574. The summed E-state index contributed by atoms with van der Waals surface area (Å²) in [7, 11) is 0. The third kappa shape index (κ3) is 1.58. The average Bonchev–Trinajstić information content (AvgIpc) is 3.32. The van der Waals surface area contributed by atoms with Gasteiger partial charge in [-0.3, -0.25) is 0 Å². The van der Waals surface area contributed by atoms with Crippen molar-refractivity contribution in [1.82, 2.24) is 9.55 Å². The van der Waals surface area contributed by atoms with Crippen molar-refractivity contribution in [3.05, 3.63) is 42.4 Å². The quantitative estimate of drug-likeness (QED) is 0.895. The molecular formula is C15H17N3. The van der Waals surface area contributed by atoms with Gasteiger partial charge in [0, 0.05) is 11.6 Å². The summed E-state index contributed by atoms with van der Waals surface area (Å²) in [5.74, 6) is 0.